The number of rotatable bonds is 5. The summed E-state index contributed by atoms with van der Waals surface area (Å²) in [6.07, 6.45) is 11.3. The summed E-state index contributed by atoms with van der Waals surface area (Å²) in [6, 6.07) is 2.79. The van der Waals surface area contributed by atoms with Gasteiger partial charge in [-0.25, -0.2) is 0 Å². The molecule has 2 atom stereocenters. The Morgan fingerprint density at radius 2 is 2.05 bits per heavy atom. The van der Waals surface area contributed by atoms with Crippen molar-refractivity contribution in [3.8, 4) is 0 Å². The van der Waals surface area contributed by atoms with E-state index in [2.05, 4.69) is 25.2 Å². The van der Waals surface area contributed by atoms with Gasteiger partial charge in [0.25, 0.3) is 0 Å². The quantitative estimate of drug-likeness (QED) is 0.841. The normalized spacial score (nSPS) is 24.9. The molecule has 2 nitrogen and oxygen atoms in total. The summed E-state index contributed by atoms with van der Waals surface area (Å²) in [6.45, 7) is 5.46. The van der Waals surface area contributed by atoms with Crippen LogP contribution >= 0.6 is 11.8 Å². The van der Waals surface area contributed by atoms with Crippen molar-refractivity contribution >= 4 is 11.8 Å². The van der Waals surface area contributed by atoms with Crippen LogP contribution in [0.15, 0.2) is 21.6 Å². The minimum absolute atomic E-state index is 0.666. The van der Waals surface area contributed by atoms with E-state index >= 15 is 0 Å². The maximum Gasteiger partial charge on any atom is 0.114 e. The van der Waals surface area contributed by atoms with Gasteiger partial charge in [-0.2, -0.15) is 0 Å². The Labute approximate surface area is 121 Å². The molecule has 1 heterocycles. The average Bonchev–Trinajstić information content (AvgIpc) is 2.78. The monoisotopic (exact) mass is 281 g/mol. The van der Waals surface area contributed by atoms with Gasteiger partial charge in [0, 0.05) is 16.2 Å². The summed E-state index contributed by atoms with van der Waals surface area (Å²) in [5, 5.41) is 4.47. The van der Waals surface area contributed by atoms with Crippen molar-refractivity contribution < 1.29 is 4.42 Å². The van der Waals surface area contributed by atoms with Crippen LogP contribution in [0.5, 0.6) is 0 Å². The van der Waals surface area contributed by atoms with Crippen LogP contribution in [0.1, 0.15) is 57.6 Å². The summed E-state index contributed by atoms with van der Waals surface area (Å²) in [7, 11) is 0. The molecular formula is C16H27NOS. The Hall–Kier alpha value is -0.410. The molecule has 1 aromatic heterocycles. The van der Waals surface area contributed by atoms with Crippen molar-refractivity contribution in [1.29, 1.82) is 0 Å². The van der Waals surface area contributed by atoms with Crippen molar-refractivity contribution in [2.24, 2.45) is 0 Å². The van der Waals surface area contributed by atoms with Crippen molar-refractivity contribution in [1.82, 2.24) is 5.32 Å². The van der Waals surface area contributed by atoms with E-state index in [1.54, 1.807) is 0 Å². The van der Waals surface area contributed by atoms with Crippen LogP contribution in [0.2, 0.25) is 0 Å². The van der Waals surface area contributed by atoms with Gasteiger partial charge in [0.05, 0.1) is 6.26 Å². The molecule has 1 aliphatic rings. The molecule has 1 fully saturated rings. The third-order valence-corrected chi connectivity index (χ3v) is 5.49. The SMILES string of the molecule is CCCNC1CCCCCCC1Sc1ccoc1C. The maximum atomic E-state index is 5.44. The van der Waals surface area contributed by atoms with Crippen LogP contribution in [0.25, 0.3) is 0 Å². The lowest BCUT2D eigenvalue weighted by atomic mass is 9.96. The zero-order valence-electron chi connectivity index (χ0n) is 12.3. The highest BCUT2D eigenvalue weighted by Crippen LogP contribution is 2.34. The van der Waals surface area contributed by atoms with Gasteiger partial charge < -0.3 is 9.73 Å². The second-order valence-corrected chi connectivity index (χ2v) is 6.83. The first-order valence-electron chi connectivity index (χ1n) is 7.75. The van der Waals surface area contributed by atoms with Crippen LogP contribution in [-0.4, -0.2) is 17.8 Å². The molecule has 0 spiro atoms. The van der Waals surface area contributed by atoms with Crippen molar-refractivity contribution in [2.45, 2.75) is 75.0 Å². The van der Waals surface area contributed by atoms with Crippen LogP contribution < -0.4 is 5.32 Å². The Morgan fingerprint density at radius 1 is 1.26 bits per heavy atom. The molecule has 2 rings (SSSR count). The lowest BCUT2D eigenvalue weighted by Crippen LogP contribution is -2.39. The maximum absolute atomic E-state index is 5.44. The van der Waals surface area contributed by atoms with E-state index in [-0.39, 0.29) is 0 Å². The Balaban J connectivity index is 1.99. The van der Waals surface area contributed by atoms with E-state index in [1.807, 2.05) is 18.0 Å². The van der Waals surface area contributed by atoms with Gasteiger partial charge in [0.1, 0.15) is 5.76 Å². The van der Waals surface area contributed by atoms with Gasteiger partial charge in [0.2, 0.25) is 0 Å². The standard InChI is InChI=1S/C16H27NOS/c1-3-11-17-14-8-6-4-5-7-9-16(14)19-15-10-12-18-13(15)2/h10,12,14,16-17H,3-9,11H2,1-2H3. The molecule has 108 valence electrons. The Morgan fingerprint density at radius 3 is 2.74 bits per heavy atom. The highest BCUT2D eigenvalue weighted by Gasteiger charge is 2.24. The fourth-order valence-corrected chi connectivity index (χ4v) is 4.17. The van der Waals surface area contributed by atoms with Crippen LogP contribution in [0.3, 0.4) is 0 Å². The number of hydrogen-bond acceptors (Lipinski definition) is 3. The Bertz CT molecular complexity index is 361. The van der Waals surface area contributed by atoms with Crippen LogP contribution in [0.4, 0.5) is 0 Å². The summed E-state index contributed by atoms with van der Waals surface area (Å²) in [5.41, 5.74) is 0. The minimum atomic E-state index is 0.666. The number of nitrogens with one attached hydrogen (secondary N) is 1. The topological polar surface area (TPSA) is 25.2 Å². The van der Waals surface area contributed by atoms with Crippen molar-refractivity contribution in [2.75, 3.05) is 6.54 Å². The largest absolute Gasteiger partial charge is 0.468 e. The van der Waals surface area contributed by atoms with Gasteiger partial charge >= 0.3 is 0 Å². The lowest BCUT2D eigenvalue weighted by molar-refractivity contribution is 0.400. The zero-order valence-corrected chi connectivity index (χ0v) is 13.1. The number of thioether (sulfide) groups is 1. The molecule has 1 aliphatic carbocycles. The van der Waals surface area contributed by atoms with Crippen molar-refractivity contribution in [3.63, 3.8) is 0 Å². The Kier molecular flexibility index (Phi) is 6.32. The number of hydrogen-bond donors (Lipinski definition) is 1. The highest BCUT2D eigenvalue weighted by molar-refractivity contribution is 8.00. The molecule has 1 saturated carbocycles. The van der Waals surface area contributed by atoms with E-state index in [0.29, 0.717) is 11.3 Å². The fourth-order valence-electron chi connectivity index (χ4n) is 2.81. The van der Waals surface area contributed by atoms with Crippen molar-refractivity contribution in [3.05, 3.63) is 18.1 Å². The van der Waals surface area contributed by atoms with Gasteiger partial charge in [-0.3, -0.25) is 0 Å². The molecule has 0 amide bonds. The zero-order chi connectivity index (χ0) is 13.5. The molecule has 0 bridgehead atoms. The predicted molar refractivity (Wildman–Crippen MR) is 82.9 cm³/mol. The van der Waals surface area contributed by atoms with E-state index < -0.39 is 0 Å². The molecule has 0 radical (unpaired) electrons. The predicted octanol–water partition coefficient (Wildman–Crippen LogP) is 4.77. The van der Waals surface area contributed by atoms with E-state index in [9.17, 15) is 0 Å². The molecule has 0 aromatic carbocycles. The molecule has 0 saturated heterocycles. The summed E-state index contributed by atoms with van der Waals surface area (Å²) in [5.74, 6) is 1.07. The molecule has 2 unspecified atom stereocenters. The highest BCUT2D eigenvalue weighted by atomic mass is 32.2. The van der Waals surface area contributed by atoms with Crippen LogP contribution in [0, 0.1) is 6.92 Å². The lowest BCUT2D eigenvalue weighted by Gasteiger charge is -2.29. The molecule has 1 aromatic rings. The first-order chi connectivity index (χ1) is 9.31. The van der Waals surface area contributed by atoms with Crippen LogP contribution in [-0.2, 0) is 0 Å². The average molecular weight is 281 g/mol. The number of aryl methyl sites for hydroxylation is 1. The second kappa shape index (κ2) is 8.01. The number of furan rings is 1. The molecule has 1 N–H and O–H groups in total. The van der Waals surface area contributed by atoms with E-state index in [4.69, 9.17) is 4.42 Å². The first kappa shape index (κ1) is 15.0. The molecule has 3 heteroatoms. The summed E-state index contributed by atoms with van der Waals surface area (Å²) < 4.78 is 5.44. The molecular weight excluding hydrogens is 254 g/mol. The van der Waals surface area contributed by atoms with Gasteiger partial charge in [0.15, 0.2) is 0 Å². The summed E-state index contributed by atoms with van der Waals surface area (Å²) >= 11 is 2.02. The van der Waals surface area contributed by atoms with Gasteiger partial charge in [-0.1, -0.05) is 32.6 Å². The third-order valence-electron chi connectivity index (χ3n) is 3.95. The first-order valence-corrected chi connectivity index (χ1v) is 8.63. The second-order valence-electron chi connectivity index (χ2n) is 5.55. The van der Waals surface area contributed by atoms with Gasteiger partial charge in [-0.05, 0) is 38.8 Å². The molecule has 19 heavy (non-hydrogen) atoms. The smallest absolute Gasteiger partial charge is 0.114 e. The molecule has 0 aliphatic heterocycles. The fraction of sp³-hybridized carbons (Fsp3) is 0.750. The third kappa shape index (κ3) is 4.57. The van der Waals surface area contributed by atoms with E-state index in [1.165, 1.54) is 49.8 Å². The van der Waals surface area contributed by atoms with E-state index in [0.717, 1.165) is 12.3 Å². The summed E-state index contributed by atoms with van der Waals surface area (Å²) in [4.78, 5) is 1.33. The minimum Gasteiger partial charge on any atom is -0.468 e. The van der Waals surface area contributed by atoms with Gasteiger partial charge in [-0.15, -0.1) is 11.8 Å².